The quantitative estimate of drug-likeness (QED) is 0.665. The van der Waals surface area contributed by atoms with Gasteiger partial charge in [-0.2, -0.15) is 0 Å². The molecule has 0 fully saturated rings. The van der Waals surface area contributed by atoms with Gasteiger partial charge in [0.1, 0.15) is 5.75 Å². The van der Waals surface area contributed by atoms with E-state index in [0.717, 1.165) is 11.1 Å². The monoisotopic (exact) mass is 400 g/mol. The summed E-state index contributed by atoms with van der Waals surface area (Å²) in [5.74, 6) is 0.00717. The van der Waals surface area contributed by atoms with E-state index in [1.54, 1.807) is 50.2 Å². The van der Waals surface area contributed by atoms with Crippen LogP contribution >= 0.6 is 0 Å². The maximum Gasteiger partial charge on any atom is 0.268 e. The first-order valence-corrected chi connectivity index (χ1v) is 10.6. The number of aromatic nitrogens is 1. The summed E-state index contributed by atoms with van der Waals surface area (Å²) < 4.78 is 28.0. The SMILES string of the molecule is CCC(=O)NCCc1c(C)n(S(=O)(=O)c2ccc(C)cc2)c2ccc(O)cc12. The fourth-order valence-electron chi connectivity index (χ4n) is 3.33. The lowest BCUT2D eigenvalue weighted by atomic mass is 10.1. The molecule has 0 unspecified atom stereocenters. The van der Waals surface area contributed by atoms with Crippen LogP contribution in [0.3, 0.4) is 0 Å². The van der Waals surface area contributed by atoms with Gasteiger partial charge in [0.25, 0.3) is 10.0 Å². The molecule has 1 aromatic heterocycles. The Balaban J connectivity index is 2.14. The van der Waals surface area contributed by atoms with Gasteiger partial charge in [-0.05, 0) is 56.2 Å². The molecule has 3 aromatic rings. The smallest absolute Gasteiger partial charge is 0.268 e. The first-order valence-electron chi connectivity index (χ1n) is 9.17. The Morgan fingerprint density at radius 3 is 2.43 bits per heavy atom. The summed E-state index contributed by atoms with van der Waals surface area (Å²) in [7, 11) is -3.80. The number of carbonyl (C=O) groups excluding carboxylic acids is 1. The van der Waals surface area contributed by atoms with Crippen molar-refractivity contribution in [2.45, 2.75) is 38.5 Å². The van der Waals surface area contributed by atoms with Crippen LogP contribution < -0.4 is 5.32 Å². The van der Waals surface area contributed by atoms with Crippen LogP contribution in [-0.2, 0) is 21.2 Å². The molecule has 0 radical (unpaired) electrons. The number of carbonyl (C=O) groups is 1. The average molecular weight is 401 g/mol. The van der Waals surface area contributed by atoms with Gasteiger partial charge in [-0.15, -0.1) is 0 Å². The second-order valence-electron chi connectivity index (χ2n) is 6.80. The van der Waals surface area contributed by atoms with Gasteiger partial charge < -0.3 is 10.4 Å². The second-order valence-corrected chi connectivity index (χ2v) is 8.59. The topological polar surface area (TPSA) is 88.4 Å². The third-order valence-corrected chi connectivity index (χ3v) is 6.66. The fraction of sp³-hybridized carbons (Fsp3) is 0.286. The van der Waals surface area contributed by atoms with E-state index in [0.29, 0.717) is 36.0 Å². The molecule has 0 saturated heterocycles. The lowest BCUT2D eigenvalue weighted by Gasteiger charge is -2.11. The molecule has 1 amide bonds. The van der Waals surface area contributed by atoms with Crippen molar-refractivity contribution in [1.82, 2.24) is 9.29 Å². The van der Waals surface area contributed by atoms with E-state index in [4.69, 9.17) is 0 Å². The maximum atomic E-state index is 13.3. The summed E-state index contributed by atoms with van der Waals surface area (Å²) in [6.45, 7) is 5.82. The molecule has 1 heterocycles. The zero-order valence-corrected chi connectivity index (χ0v) is 17.0. The molecule has 0 bridgehead atoms. The van der Waals surface area contributed by atoms with E-state index in [1.165, 1.54) is 10.0 Å². The molecule has 7 heteroatoms. The third-order valence-electron chi connectivity index (χ3n) is 4.84. The van der Waals surface area contributed by atoms with E-state index in [2.05, 4.69) is 5.32 Å². The highest BCUT2D eigenvalue weighted by molar-refractivity contribution is 7.90. The average Bonchev–Trinajstić information content (AvgIpc) is 2.93. The van der Waals surface area contributed by atoms with Crippen molar-refractivity contribution in [3.63, 3.8) is 0 Å². The van der Waals surface area contributed by atoms with Crippen LogP contribution in [0, 0.1) is 13.8 Å². The molecule has 0 saturated carbocycles. The van der Waals surface area contributed by atoms with Gasteiger partial charge in [0.05, 0.1) is 10.4 Å². The maximum absolute atomic E-state index is 13.3. The van der Waals surface area contributed by atoms with Crippen molar-refractivity contribution >= 4 is 26.8 Å². The molecule has 28 heavy (non-hydrogen) atoms. The lowest BCUT2D eigenvalue weighted by molar-refractivity contribution is -0.120. The van der Waals surface area contributed by atoms with Crippen molar-refractivity contribution in [3.05, 3.63) is 59.3 Å². The van der Waals surface area contributed by atoms with Crippen LogP contribution in [0.2, 0.25) is 0 Å². The molecule has 0 aliphatic carbocycles. The van der Waals surface area contributed by atoms with Gasteiger partial charge in [-0.1, -0.05) is 24.6 Å². The summed E-state index contributed by atoms with van der Waals surface area (Å²) in [6, 6.07) is 11.4. The number of benzene rings is 2. The summed E-state index contributed by atoms with van der Waals surface area (Å²) in [4.78, 5) is 11.7. The number of phenolic OH excluding ortho intramolecular Hbond substituents is 1. The van der Waals surface area contributed by atoms with Crippen molar-refractivity contribution in [2.75, 3.05) is 6.54 Å². The molecule has 2 N–H and O–H groups in total. The van der Waals surface area contributed by atoms with E-state index < -0.39 is 10.0 Å². The third kappa shape index (κ3) is 3.62. The first kappa shape index (κ1) is 19.9. The largest absolute Gasteiger partial charge is 0.508 e. The Bertz CT molecular complexity index is 1130. The Kier molecular flexibility index (Phi) is 5.47. The van der Waals surface area contributed by atoms with Crippen molar-refractivity contribution < 1.29 is 18.3 Å². The molecule has 0 aliphatic heterocycles. The molecule has 0 spiro atoms. The van der Waals surface area contributed by atoms with Gasteiger partial charge in [-0.25, -0.2) is 12.4 Å². The molecule has 3 rings (SSSR count). The van der Waals surface area contributed by atoms with Crippen LogP contribution in [0.4, 0.5) is 0 Å². The van der Waals surface area contributed by atoms with Crippen LogP contribution in [-0.4, -0.2) is 29.9 Å². The molecular formula is C21H24N2O4S. The van der Waals surface area contributed by atoms with Crippen LogP contribution in [0.5, 0.6) is 5.75 Å². The van der Waals surface area contributed by atoms with Gasteiger partial charge >= 0.3 is 0 Å². The Morgan fingerprint density at radius 1 is 1.11 bits per heavy atom. The lowest BCUT2D eigenvalue weighted by Crippen LogP contribution is -2.24. The summed E-state index contributed by atoms with van der Waals surface area (Å²) in [6.07, 6.45) is 0.858. The molecule has 148 valence electrons. The summed E-state index contributed by atoms with van der Waals surface area (Å²) in [5.41, 5.74) is 2.85. The number of aryl methyl sites for hydroxylation is 1. The van der Waals surface area contributed by atoms with E-state index in [1.807, 2.05) is 6.92 Å². The number of nitrogens with zero attached hydrogens (tertiary/aromatic N) is 1. The molecule has 0 atom stereocenters. The Morgan fingerprint density at radius 2 is 1.79 bits per heavy atom. The zero-order valence-electron chi connectivity index (χ0n) is 16.2. The second kappa shape index (κ2) is 7.67. The predicted octanol–water partition coefficient (Wildman–Crippen LogP) is 3.27. The number of rotatable bonds is 6. The Labute approximate surface area is 164 Å². The predicted molar refractivity (Wildman–Crippen MR) is 109 cm³/mol. The number of nitrogens with one attached hydrogen (secondary N) is 1. The highest BCUT2D eigenvalue weighted by atomic mass is 32.2. The van der Waals surface area contributed by atoms with Crippen LogP contribution in [0.1, 0.15) is 30.2 Å². The van der Waals surface area contributed by atoms with E-state index >= 15 is 0 Å². The van der Waals surface area contributed by atoms with Gasteiger partial charge in [0.2, 0.25) is 5.91 Å². The van der Waals surface area contributed by atoms with Gasteiger partial charge in [0, 0.05) is 24.0 Å². The molecule has 0 aliphatic rings. The number of aromatic hydroxyl groups is 1. The van der Waals surface area contributed by atoms with Crippen molar-refractivity contribution in [3.8, 4) is 5.75 Å². The number of hydrogen-bond donors (Lipinski definition) is 2. The van der Waals surface area contributed by atoms with E-state index in [9.17, 15) is 18.3 Å². The normalized spacial score (nSPS) is 11.7. The Hall–Kier alpha value is -2.80. The number of amides is 1. The zero-order chi connectivity index (χ0) is 20.5. The van der Waals surface area contributed by atoms with Crippen molar-refractivity contribution in [1.29, 1.82) is 0 Å². The van der Waals surface area contributed by atoms with Gasteiger partial charge in [-0.3, -0.25) is 4.79 Å². The number of phenols is 1. The minimum Gasteiger partial charge on any atom is -0.508 e. The van der Waals surface area contributed by atoms with E-state index in [-0.39, 0.29) is 16.6 Å². The first-order chi connectivity index (χ1) is 13.3. The van der Waals surface area contributed by atoms with Crippen LogP contribution in [0.25, 0.3) is 10.9 Å². The number of fused-ring (bicyclic) bond motifs is 1. The molecule has 6 nitrogen and oxygen atoms in total. The summed E-state index contributed by atoms with van der Waals surface area (Å²) in [5, 5.41) is 13.4. The van der Waals surface area contributed by atoms with Crippen molar-refractivity contribution in [2.24, 2.45) is 0 Å². The number of hydrogen-bond acceptors (Lipinski definition) is 4. The highest BCUT2D eigenvalue weighted by Gasteiger charge is 2.25. The molecular weight excluding hydrogens is 376 g/mol. The molecule has 2 aromatic carbocycles. The minimum absolute atomic E-state index is 0.0588. The highest BCUT2D eigenvalue weighted by Crippen LogP contribution is 2.32. The van der Waals surface area contributed by atoms with Gasteiger partial charge in [0.15, 0.2) is 0 Å². The van der Waals surface area contributed by atoms with Crippen LogP contribution in [0.15, 0.2) is 47.4 Å². The summed E-state index contributed by atoms with van der Waals surface area (Å²) >= 11 is 0. The fourth-order valence-corrected chi connectivity index (χ4v) is 4.91. The minimum atomic E-state index is -3.80. The standard InChI is InChI=1S/C21H24N2O4S/c1-4-21(25)22-12-11-18-15(3)23(20-10-7-16(24)13-19(18)20)28(26,27)17-8-5-14(2)6-9-17/h5-10,13,24H,4,11-12H2,1-3H3,(H,22,25).